The van der Waals surface area contributed by atoms with Gasteiger partial charge < -0.3 is 10.6 Å². The summed E-state index contributed by atoms with van der Waals surface area (Å²) >= 11 is 0. The van der Waals surface area contributed by atoms with Gasteiger partial charge in [-0.25, -0.2) is 9.97 Å². The van der Waals surface area contributed by atoms with E-state index in [1.54, 1.807) is 30.3 Å². The van der Waals surface area contributed by atoms with Gasteiger partial charge in [0.2, 0.25) is 5.95 Å². The van der Waals surface area contributed by atoms with Crippen molar-refractivity contribution in [2.24, 2.45) is 0 Å². The molecule has 0 fully saturated rings. The fourth-order valence-corrected chi connectivity index (χ4v) is 2.61. The van der Waals surface area contributed by atoms with Gasteiger partial charge in [-0.3, -0.25) is 9.59 Å². The molecule has 0 atom stereocenters. The molecule has 1 aromatic heterocycles. The Morgan fingerprint density at radius 3 is 2.14 bits per heavy atom. The Morgan fingerprint density at radius 1 is 0.893 bits per heavy atom. The SMILES string of the molecule is CC(=O)c1ccc(NC(=O)c2ccnc(Nc3ccc(C(C)C)cc3)n2)cc1. The van der Waals surface area contributed by atoms with Crippen molar-refractivity contribution in [3.8, 4) is 0 Å². The number of Topliss-reactive ketones (excluding diaryl/α,β-unsaturated/α-hetero) is 1. The van der Waals surface area contributed by atoms with E-state index in [0.717, 1.165) is 5.69 Å². The number of hydrogen-bond acceptors (Lipinski definition) is 5. The summed E-state index contributed by atoms with van der Waals surface area (Å²) in [4.78, 5) is 32.2. The molecule has 28 heavy (non-hydrogen) atoms. The molecule has 2 aromatic carbocycles. The second-order valence-corrected chi connectivity index (χ2v) is 6.75. The summed E-state index contributed by atoms with van der Waals surface area (Å²) < 4.78 is 0. The van der Waals surface area contributed by atoms with Gasteiger partial charge in [0, 0.05) is 23.1 Å². The van der Waals surface area contributed by atoms with Gasteiger partial charge in [0.1, 0.15) is 5.69 Å². The Bertz CT molecular complexity index is 980. The van der Waals surface area contributed by atoms with Gasteiger partial charge in [0.05, 0.1) is 0 Å². The molecule has 0 aliphatic heterocycles. The minimum Gasteiger partial charge on any atom is -0.324 e. The maximum absolute atomic E-state index is 12.5. The van der Waals surface area contributed by atoms with Crippen LogP contribution in [0.25, 0.3) is 0 Å². The van der Waals surface area contributed by atoms with Crippen LogP contribution < -0.4 is 10.6 Å². The minimum atomic E-state index is -0.351. The van der Waals surface area contributed by atoms with Gasteiger partial charge in [-0.1, -0.05) is 26.0 Å². The third-order valence-electron chi connectivity index (χ3n) is 4.27. The van der Waals surface area contributed by atoms with Crippen LogP contribution in [0.15, 0.2) is 60.8 Å². The lowest BCUT2D eigenvalue weighted by atomic mass is 10.0. The number of ketones is 1. The van der Waals surface area contributed by atoms with Crippen LogP contribution >= 0.6 is 0 Å². The molecule has 1 amide bonds. The number of benzene rings is 2. The molecule has 3 aromatic rings. The number of hydrogen-bond donors (Lipinski definition) is 2. The van der Waals surface area contributed by atoms with Crippen molar-refractivity contribution in [3.05, 3.63) is 77.6 Å². The largest absolute Gasteiger partial charge is 0.324 e. The average molecular weight is 374 g/mol. The molecule has 6 nitrogen and oxygen atoms in total. The van der Waals surface area contributed by atoms with Gasteiger partial charge in [-0.05, 0) is 60.9 Å². The summed E-state index contributed by atoms with van der Waals surface area (Å²) in [7, 11) is 0. The third-order valence-corrected chi connectivity index (χ3v) is 4.27. The van der Waals surface area contributed by atoms with Crippen molar-refractivity contribution >= 4 is 29.0 Å². The Labute approximate surface area is 164 Å². The number of aromatic nitrogens is 2. The molecule has 142 valence electrons. The van der Waals surface area contributed by atoms with Crippen molar-refractivity contribution in [1.82, 2.24) is 9.97 Å². The van der Waals surface area contributed by atoms with E-state index in [4.69, 9.17) is 0 Å². The highest BCUT2D eigenvalue weighted by atomic mass is 16.2. The number of carbonyl (C=O) groups is 2. The smallest absolute Gasteiger partial charge is 0.274 e. The Hall–Kier alpha value is -3.54. The molecular weight excluding hydrogens is 352 g/mol. The second kappa shape index (κ2) is 8.43. The summed E-state index contributed by atoms with van der Waals surface area (Å²) in [6.07, 6.45) is 1.53. The van der Waals surface area contributed by atoms with Crippen LogP contribution in [0.4, 0.5) is 17.3 Å². The van der Waals surface area contributed by atoms with E-state index in [0.29, 0.717) is 23.1 Å². The van der Waals surface area contributed by atoms with Crippen LogP contribution in [0.5, 0.6) is 0 Å². The van der Waals surface area contributed by atoms with Gasteiger partial charge >= 0.3 is 0 Å². The topological polar surface area (TPSA) is 84.0 Å². The van der Waals surface area contributed by atoms with Crippen LogP contribution in [0.3, 0.4) is 0 Å². The normalized spacial score (nSPS) is 10.6. The number of nitrogens with zero attached hydrogens (tertiary/aromatic N) is 2. The standard InChI is InChI=1S/C22H22N4O2/c1-14(2)16-4-8-19(9-5-16)25-22-23-13-12-20(26-22)21(28)24-18-10-6-17(7-11-18)15(3)27/h4-14H,1-3H3,(H,24,28)(H,23,25,26). The molecule has 0 spiro atoms. The monoisotopic (exact) mass is 374 g/mol. The highest BCUT2D eigenvalue weighted by Gasteiger charge is 2.10. The molecule has 0 saturated heterocycles. The average Bonchev–Trinajstić information content (AvgIpc) is 2.69. The lowest BCUT2D eigenvalue weighted by Crippen LogP contribution is -2.14. The fourth-order valence-electron chi connectivity index (χ4n) is 2.61. The third kappa shape index (κ3) is 4.79. The molecule has 0 aliphatic rings. The molecule has 0 saturated carbocycles. The highest BCUT2D eigenvalue weighted by Crippen LogP contribution is 2.19. The van der Waals surface area contributed by atoms with Gasteiger partial charge in [-0.2, -0.15) is 0 Å². The van der Waals surface area contributed by atoms with E-state index in [1.165, 1.54) is 18.7 Å². The highest BCUT2D eigenvalue weighted by molar-refractivity contribution is 6.03. The molecule has 0 bridgehead atoms. The first-order chi connectivity index (χ1) is 13.4. The zero-order valence-electron chi connectivity index (χ0n) is 16.1. The van der Waals surface area contributed by atoms with Gasteiger partial charge in [0.25, 0.3) is 5.91 Å². The Morgan fingerprint density at radius 2 is 1.54 bits per heavy atom. The lowest BCUT2D eigenvalue weighted by molar-refractivity contribution is 0.101. The van der Waals surface area contributed by atoms with E-state index in [1.807, 2.05) is 24.3 Å². The maximum Gasteiger partial charge on any atom is 0.274 e. The van der Waals surface area contributed by atoms with E-state index in [-0.39, 0.29) is 17.4 Å². The molecule has 3 rings (SSSR count). The van der Waals surface area contributed by atoms with Crippen molar-refractivity contribution in [1.29, 1.82) is 0 Å². The molecular formula is C22H22N4O2. The molecule has 2 N–H and O–H groups in total. The number of carbonyl (C=O) groups excluding carboxylic acids is 2. The van der Waals surface area contributed by atoms with Gasteiger partial charge in [-0.15, -0.1) is 0 Å². The van der Waals surface area contributed by atoms with Crippen molar-refractivity contribution < 1.29 is 9.59 Å². The van der Waals surface area contributed by atoms with Crippen LogP contribution in [0.2, 0.25) is 0 Å². The fraction of sp³-hybridized carbons (Fsp3) is 0.182. The first-order valence-corrected chi connectivity index (χ1v) is 9.05. The Balaban J connectivity index is 1.69. The van der Waals surface area contributed by atoms with Crippen LogP contribution in [0.1, 0.15) is 53.1 Å². The van der Waals surface area contributed by atoms with E-state index < -0.39 is 0 Å². The van der Waals surface area contributed by atoms with Crippen LogP contribution in [0, 0.1) is 0 Å². The van der Waals surface area contributed by atoms with Crippen molar-refractivity contribution in [2.75, 3.05) is 10.6 Å². The molecule has 0 radical (unpaired) electrons. The van der Waals surface area contributed by atoms with E-state index >= 15 is 0 Å². The number of amides is 1. The van der Waals surface area contributed by atoms with Crippen LogP contribution in [-0.4, -0.2) is 21.7 Å². The molecule has 6 heteroatoms. The summed E-state index contributed by atoms with van der Waals surface area (Å²) in [5, 5.41) is 5.88. The molecule has 0 unspecified atom stereocenters. The molecule has 1 heterocycles. The maximum atomic E-state index is 12.5. The zero-order valence-corrected chi connectivity index (χ0v) is 16.1. The predicted molar refractivity (Wildman–Crippen MR) is 110 cm³/mol. The Kier molecular flexibility index (Phi) is 5.79. The quantitative estimate of drug-likeness (QED) is 0.606. The number of rotatable bonds is 6. The zero-order chi connectivity index (χ0) is 20.1. The lowest BCUT2D eigenvalue weighted by Gasteiger charge is -2.09. The van der Waals surface area contributed by atoms with E-state index in [9.17, 15) is 9.59 Å². The first kappa shape index (κ1) is 19.2. The minimum absolute atomic E-state index is 0.0224. The summed E-state index contributed by atoms with van der Waals surface area (Å²) in [5.74, 6) is 0.431. The number of nitrogens with one attached hydrogen (secondary N) is 2. The van der Waals surface area contributed by atoms with Crippen molar-refractivity contribution in [2.45, 2.75) is 26.7 Å². The first-order valence-electron chi connectivity index (χ1n) is 9.05. The van der Waals surface area contributed by atoms with E-state index in [2.05, 4.69) is 34.4 Å². The van der Waals surface area contributed by atoms with Gasteiger partial charge in [0.15, 0.2) is 5.78 Å². The summed E-state index contributed by atoms with van der Waals surface area (Å²) in [5.41, 5.74) is 3.52. The molecule has 0 aliphatic carbocycles. The van der Waals surface area contributed by atoms with Crippen LogP contribution in [-0.2, 0) is 0 Å². The summed E-state index contributed by atoms with van der Waals surface area (Å²) in [6.45, 7) is 5.78. The summed E-state index contributed by atoms with van der Waals surface area (Å²) in [6, 6.07) is 16.3. The predicted octanol–water partition coefficient (Wildman–Crippen LogP) is 4.80. The number of anilines is 3. The van der Waals surface area contributed by atoms with Crippen molar-refractivity contribution in [3.63, 3.8) is 0 Å². The second-order valence-electron chi connectivity index (χ2n) is 6.75.